The molecule has 22 heavy (non-hydrogen) atoms. The highest BCUT2D eigenvalue weighted by molar-refractivity contribution is 5.69. The van der Waals surface area contributed by atoms with Crippen molar-refractivity contribution in [3.05, 3.63) is 29.8 Å². The van der Waals surface area contributed by atoms with E-state index in [1.165, 1.54) is 5.56 Å². The molecule has 0 radical (unpaired) electrons. The monoisotopic (exact) mass is 307 g/mol. The third kappa shape index (κ3) is 6.48. The lowest BCUT2D eigenvalue weighted by atomic mass is 10.1. The Morgan fingerprint density at radius 2 is 2.09 bits per heavy atom. The number of hydrogen-bond acceptors (Lipinski definition) is 4. The van der Waals surface area contributed by atoms with Crippen LogP contribution in [0, 0.1) is 0 Å². The molecule has 0 aliphatic rings. The van der Waals surface area contributed by atoms with Gasteiger partial charge >= 0.3 is 5.97 Å². The van der Waals surface area contributed by atoms with Gasteiger partial charge in [0.05, 0.1) is 13.7 Å². The fraction of sp³-hybridized carbons (Fsp3) is 0.611. The van der Waals surface area contributed by atoms with Crippen LogP contribution in [0.5, 0.6) is 5.75 Å². The molecule has 4 heteroatoms. The molecule has 1 aromatic carbocycles. The van der Waals surface area contributed by atoms with Crippen molar-refractivity contribution in [2.24, 2.45) is 0 Å². The summed E-state index contributed by atoms with van der Waals surface area (Å²) < 4.78 is 10.2. The first-order valence-electron chi connectivity index (χ1n) is 8.13. The Morgan fingerprint density at radius 1 is 1.32 bits per heavy atom. The SMILES string of the molecule is CCOC(=O)CCCN(CC)C(C)Cc1cccc(OC)c1. The molecule has 0 saturated heterocycles. The number of benzene rings is 1. The summed E-state index contributed by atoms with van der Waals surface area (Å²) in [5.74, 6) is 0.800. The number of esters is 1. The second kappa shape index (κ2) is 10.2. The first-order valence-corrected chi connectivity index (χ1v) is 8.13. The predicted octanol–water partition coefficient (Wildman–Crippen LogP) is 3.29. The van der Waals surface area contributed by atoms with E-state index in [4.69, 9.17) is 9.47 Å². The largest absolute Gasteiger partial charge is 0.497 e. The molecule has 0 heterocycles. The molecule has 0 spiro atoms. The number of carbonyl (C=O) groups is 1. The summed E-state index contributed by atoms with van der Waals surface area (Å²) in [5, 5.41) is 0. The fourth-order valence-electron chi connectivity index (χ4n) is 2.62. The molecule has 0 aliphatic carbocycles. The molecule has 4 nitrogen and oxygen atoms in total. The Morgan fingerprint density at radius 3 is 2.73 bits per heavy atom. The standard InChI is InChI=1S/C18H29NO3/c1-5-19(12-8-11-18(20)22-6-2)15(3)13-16-9-7-10-17(14-16)21-4/h7,9-10,14-15H,5-6,8,11-13H2,1-4H3. The Kier molecular flexibility index (Phi) is 8.60. The predicted molar refractivity (Wildman–Crippen MR) is 89.3 cm³/mol. The van der Waals surface area contributed by atoms with Gasteiger partial charge in [-0.1, -0.05) is 19.1 Å². The number of carbonyl (C=O) groups excluding carboxylic acids is 1. The minimum Gasteiger partial charge on any atom is -0.497 e. The molecule has 0 bridgehead atoms. The van der Waals surface area contributed by atoms with Crippen LogP contribution in [0.3, 0.4) is 0 Å². The Balaban J connectivity index is 2.46. The maximum atomic E-state index is 11.4. The van der Waals surface area contributed by atoms with Crippen molar-refractivity contribution >= 4 is 5.97 Å². The minimum atomic E-state index is -0.0981. The minimum absolute atomic E-state index is 0.0981. The molecule has 0 amide bonds. The number of nitrogens with zero attached hydrogens (tertiary/aromatic N) is 1. The van der Waals surface area contributed by atoms with Crippen molar-refractivity contribution in [3.63, 3.8) is 0 Å². The normalized spacial score (nSPS) is 12.2. The van der Waals surface area contributed by atoms with Crippen LogP contribution in [0.25, 0.3) is 0 Å². The van der Waals surface area contributed by atoms with Crippen molar-refractivity contribution in [1.29, 1.82) is 0 Å². The topological polar surface area (TPSA) is 38.8 Å². The van der Waals surface area contributed by atoms with E-state index in [2.05, 4.69) is 30.9 Å². The molecule has 0 saturated carbocycles. The Hall–Kier alpha value is -1.55. The summed E-state index contributed by atoms with van der Waals surface area (Å²) in [6.07, 6.45) is 2.32. The number of hydrogen-bond donors (Lipinski definition) is 0. The maximum Gasteiger partial charge on any atom is 0.305 e. The number of ether oxygens (including phenoxy) is 2. The summed E-state index contributed by atoms with van der Waals surface area (Å²) in [6, 6.07) is 8.64. The van der Waals surface area contributed by atoms with Crippen LogP contribution in [-0.4, -0.2) is 43.7 Å². The van der Waals surface area contributed by atoms with E-state index in [1.54, 1.807) is 7.11 Å². The highest BCUT2D eigenvalue weighted by Crippen LogP contribution is 2.16. The van der Waals surface area contributed by atoms with E-state index in [9.17, 15) is 4.79 Å². The van der Waals surface area contributed by atoms with E-state index >= 15 is 0 Å². The van der Waals surface area contributed by atoms with Crippen LogP contribution in [0.15, 0.2) is 24.3 Å². The van der Waals surface area contributed by atoms with Gasteiger partial charge in [0.2, 0.25) is 0 Å². The number of likely N-dealkylation sites (N-methyl/N-ethyl adjacent to an activating group) is 1. The summed E-state index contributed by atoms with van der Waals surface area (Å²) in [6.45, 7) is 8.59. The molecule has 1 rings (SSSR count). The Bertz CT molecular complexity index is 448. The first kappa shape index (κ1) is 18.5. The highest BCUT2D eigenvalue weighted by atomic mass is 16.5. The Labute approximate surface area is 134 Å². The quantitative estimate of drug-likeness (QED) is 0.622. The third-order valence-electron chi connectivity index (χ3n) is 3.83. The lowest BCUT2D eigenvalue weighted by Gasteiger charge is -2.28. The molecular formula is C18H29NO3. The zero-order chi connectivity index (χ0) is 16.4. The lowest BCUT2D eigenvalue weighted by molar-refractivity contribution is -0.143. The molecular weight excluding hydrogens is 278 g/mol. The zero-order valence-electron chi connectivity index (χ0n) is 14.3. The molecule has 1 aromatic rings. The van der Waals surface area contributed by atoms with E-state index < -0.39 is 0 Å². The summed E-state index contributed by atoms with van der Waals surface area (Å²) >= 11 is 0. The van der Waals surface area contributed by atoms with Crippen molar-refractivity contribution in [2.75, 3.05) is 26.8 Å². The summed E-state index contributed by atoms with van der Waals surface area (Å²) in [4.78, 5) is 13.8. The van der Waals surface area contributed by atoms with Gasteiger partial charge in [-0.15, -0.1) is 0 Å². The molecule has 0 aromatic heterocycles. The van der Waals surface area contributed by atoms with Gasteiger partial charge < -0.3 is 14.4 Å². The molecule has 0 N–H and O–H groups in total. The van der Waals surface area contributed by atoms with Crippen molar-refractivity contribution < 1.29 is 14.3 Å². The van der Waals surface area contributed by atoms with Crippen LogP contribution in [0.1, 0.15) is 39.2 Å². The number of methoxy groups -OCH3 is 1. The molecule has 124 valence electrons. The molecule has 1 atom stereocenters. The fourth-order valence-corrected chi connectivity index (χ4v) is 2.62. The van der Waals surface area contributed by atoms with Crippen molar-refractivity contribution in [1.82, 2.24) is 4.90 Å². The van der Waals surface area contributed by atoms with Gasteiger partial charge in [-0.2, -0.15) is 0 Å². The van der Waals surface area contributed by atoms with Crippen LogP contribution in [0.2, 0.25) is 0 Å². The summed E-state index contributed by atoms with van der Waals surface area (Å²) in [5.41, 5.74) is 1.27. The number of rotatable bonds is 10. The van der Waals surface area contributed by atoms with Crippen LogP contribution in [0.4, 0.5) is 0 Å². The van der Waals surface area contributed by atoms with E-state index in [1.807, 2.05) is 19.1 Å². The van der Waals surface area contributed by atoms with Crippen molar-refractivity contribution in [2.45, 2.75) is 46.1 Å². The second-order valence-electron chi connectivity index (χ2n) is 5.44. The smallest absolute Gasteiger partial charge is 0.305 e. The zero-order valence-corrected chi connectivity index (χ0v) is 14.3. The lowest BCUT2D eigenvalue weighted by Crippen LogP contribution is -2.35. The van der Waals surface area contributed by atoms with Gasteiger partial charge in [-0.05, 0) is 57.5 Å². The van der Waals surface area contributed by atoms with Gasteiger partial charge in [0.25, 0.3) is 0 Å². The van der Waals surface area contributed by atoms with Gasteiger partial charge in [0, 0.05) is 12.5 Å². The van der Waals surface area contributed by atoms with Gasteiger partial charge in [-0.3, -0.25) is 4.79 Å². The van der Waals surface area contributed by atoms with E-state index in [0.29, 0.717) is 19.1 Å². The third-order valence-corrected chi connectivity index (χ3v) is 3.83. The van der Waals surface area contributed by atoms with Gasteiger partial charge in [0.1, 0.15) is 5.75 Å². The van der Waals surface area contributed by atoms with Crippen LogP contribution in [-0.2, 0) is 16.0 Å². The molecule has 1 unspecified atom stereocenters. The average Bonchev–Trinajstić information content (AvgIpc) is 2.52. The highest BCUT2D eigenvalue weighted by Gasteiger charge is 2.13. The first-order chi connectivity index (χ1) is 10.6. The van der Waals surface area contributed by atoms with E-state index in [-0.39, 0.29) is 5.97 Å². The van der Waals surface area contributed by atoms with Crippen LogP contribution >= 0.6 is 0 Å². The van der Waals surface area contributed by atoms with E-state index in [0.717, 1.165) is 31.7 Å². The maximum absolute atomic E-state index is 11.4. The summed E-state index contributed by atoms with van der Waals surface area (Å²) in [7, 11) is 1.69. The second-order valence-corrected chi connectivity index (χ2v) is 5.44. The molecule has 0 aliphatic heterocycles. The van der Waals surface area contributed by atoms with Gasteiger partial charge in [0.15, 0.2) is 0 Å². The van der Waals surface area contributed by atoms with Gasteiger partial charge in [-0.25, -0.2) is 0 Å². The molecule has 0 fully saturated rings. The van der Waals surface area contributed by atoms with Crippen molar-refractivity contribution in [3.8, 4) is 5.75 Å². The average molecular weight is 307 g/mol. The van der Waals surface area contributed by atoms with Crippen LogP contribution < -0.4 is 4.74 Å².